The Labute approximate surface area is 146 Å². The number of likely N-dealkylation sites (N-methyl/N-ethyl adjacent to an activating group) is 1. The van der Waals surface area contributed by atoms with Crippen molar-refractivity contribution in [1.29, 1.82) is 0 Å². The summed E-state index contributed by atoms with van der Waals surface area (Å²) in [7, 11) is 1.90. The average molecular weight is 341 g/mol. The van der Waals surface area contributed by atoms with Crippen molar-refractivity contribution in [3.8, 4) is 0 Å². The van der Waals surface area contributed by atoms with E-state index in [-0.39, 0.29) is 13.0 Å². The molecule has 0 aromatic heterocycles. The highest BCUT2D eigenvalue weighted by Gasteiger charge is 2.38. The Morgan fingerprint density at radius 3 is 2.88 bits per heavy atom. The Kier molecular flexibility index (Phi) is 8.29. The fraction of sp³-hybridized carbons (Fsp3) is 0.944. The van der Waals surface area contributed by atoms with Crippen LogP contribution in [0.3, 0.4) is 0 Å². The number of nitrogens with two attached hydrogens (primary N) is 1. The molecular formula is C18H35N3O3. The molecule has 0 aromatic carbocycles. The summed E-state index contributed by atoms with van der Waals surface area (Å²) in [6.45, 7) is 3.83. The Bertz CT molecular complexity index is 381. The Morgan fingerprint density at radius 1 is 1.33 bits per heavy atom. The van der Waals surface area contributed by atoms with Crippen molar-refractivity contribution in [2.45, 2.75) is 70.6 Å². The molecule has 3 N–H and O–H groups in total. The normalized spacial score (nSPS) is 30.1. The number of fused-ring (bicyclic) bond motifs is 1. The van der Waals surface area contributed by atoms with Crippen LogP contribution in [0.15, 0.2) is 0 Å². The molecule has 1 amide bonds. The Morgan fingerprint density at radius 2 is 2.12 bits per heavy atom. The van der Waals surface area contributed by atoms with Crippen molar-refractivity contribution in [2.75, 3.05) is 26.9 Å². The maximum atomic E-state index is 10.6. The first-order valence-corrected chi connectivity index (χ1v) is 9.58. The number of ether oxygens (including phenoxy) is 2. The zero-order valence-electron chi connectivity index (χ0n) is 15.3. The van der Waals surface area contributed by atoms with Gasteiger partial charge in [0.15, 0.2) is 0 Å². The quantitative estimate of drug-likeness (QED) is 0.631. The van der Waals surface area contributed by atoms with Gasteiger partial charge in [-0.05, 0) is 38.6 Å². The molecule has 1 aliphatic carbocycles. The van der Waals surface area contributed by atoms with Gasteiger partial charge in [0.05, 0.1) is 6.61 Å². The summed E-state index contributed by atoms with van der Waals surface area (Å²) in [5, 5.41) is 3.77. The monoisotopic (exact) mass is 341 g/mol. The molecule has 2 aliphatic rings. The average Bonchev–Trinajstić information content (AvgIpc) is 2.58. The molecule has 2 rings (SSSR count). The number of carbonyl (C=O) groups excluding carboxylic acids is 1. The van der Waals surface area contributed by atoms with E-state index in [1.165, 1.54) is 51.4 Å². The summed E-state index contributed by atoms with van der Waals surface area (Å²) in [5.74, 6) is 1.48. The molecule has 1 heterocycles. The smallest absolute Gasteiger partial charge is 0.405 e. The van der Waals surface area contributed by atoms with Gasteiger partial charge < -0.3 is 15.2 Å². The van der Waals surface area contributed by atoms with Crippen LogP contribution in [0, 0.1) is 11.8 Å². The van der Waals surface area contributed by atoms with E-state index in [4.69, 9.17) is 15.2 Å². The van der Waals surface area contributed by atoms with Gasteiger partial charge >= 0.3 is 6.09 Å². The number of amides is 1. The van der Waals surface area contributed by atoms with E-state index >= 15 is 0 Å². The molecule has 140 valence electrons. The number of unbranched alkanes of at least 4 members (excludes halogenated alkanes) is 1. The number of piperidine rings is 1. The number of carbonyl (C=O) groups is 1. The topological polar surface area (TPSA) is 76.8 Å². The highest BCUT2D eigenvalue weighted by atomic mass is 16.6. The van der Waals surface area contributed by atoms with Crippen molar-refractivity contribution < 1.29 is 14.3 Å². The minimum Gasteiger partial charge on any atom is -0.434 e. The number of hydrogen-bond donors (Lipinski definition) is 2. The molecule has 6 heteroatoms. The van der Waals surface area contributed by atoms with Crippen molar-refractivity contribution in [3.05, 3.63) is 0 Å². The van der Waals surface area contributed by atoms with Crippen LogP contribution < -0.4 is 11.1 Å². The second-order valence-electron chi connectivity index (χ2n) is 7.41. The molecule has 6 nitrogen and oxygen atoms in total. The van der Waals surface area contributed by atoms with Crippen molar-refractivity contribution in [1.82, 2.24) is 10.2 Å². The standard InChI is InChI=1S/C18H35N3O3/c1-3-4-8-15-12-14-7-5-6-9-16(14)17(20-15)23-11-10-21(2)13-24-18(19)22/h14-17,20H,3-13H2,1-2H3,(H2,19,22). The summed E-state index contributed by atoms with van der Waals surface area (Å²) < 4.78 is 11.0. The number of rotatable bonds is 9. The summed E-state index contributed by atoms with van der Waals surface area (Å²) in [6.07, 6.45) is 9.90. The fourth-order valence-electron chi connectivity index (χ4n) is 4.11. The first kappa shape index (κ1) is 19.5. The summed E-state index contributed by atoms with van der Waals surface area (Å²) in [6, 6.07) is 0.602. The molecule has 1 saturated heterocycles. The second-order valence-corrected chi connectivity index (χ2v) is 7.41. The fourth-order valence-corrected chi connectivity index (χ4v) is 4.11. The van der Waals surface area contributed by atoms with Crippen LogP contribution in [-0.2, 0) is 9.47 Å². The minimum atomic E-state index is -0.736. The van der Waals surface area contributed by atoms with E-state index < -0.39 is 6.09 Å². The molecule has 4 unspecified atom stereocenters. The molecule has 24 heavy (non-hydrogen) atoms. The molecule has 0 spiro atoms. The first-order chi connectivity index (χ1) is 11.6. The summed E-state index contributed by atoms with van der Waals surface area (Å²) in [5.41, 5.74) is 4.99. The third-order valence-electron chi connectivity index (χ3n) is 5.45. The van der Waals surface area contributed by atoms with Crippen LogP contribution >= 0.6 is 0 Å². The lowest BCUT2D eigenvalue weighted by Crippen LogP contribution is -2.54. The minimum absolute atomic E-state index is 0.177. The predicted molar refractivity (Wildman–Crippen MR) is 94.4 cm³/mol. The summed E-state index contributed by atoms with van der Waals surface area (Å²) >= 11 is 0. The van der Waals surface area contributed by atoms with Crippen LogP contribution in [0.1, 0.15) is 58.3 Å². The van der Waals surface area contributed by atoms with Crippen LogP contribution in [-0.4, -0.2) is 50.2 Å². The predicted octanol–water partition coefficient (Wildman–Crippen LogP) is 2.67. The molecule has 0 radical (unpaired) electrons. The molecule has 2 fully saturated rings. The Hall–Kier alpha value is -0.850. The van der Waals surface area contributed by atoms with Gasteiger partial charge in [0, 0.05) is 18.5 Å². The zero-order chi connectivity index (χ0) is 17.4. The second kappa shape index (κ2) is 10.2. The van der Waals surface area contributed by atoms with Crippen LogP contribution in [0.5, 0.6) is 0 Å². The van der Waals surface area contributed by atoms with E-state index in [2.05, 4.69) is 12.2 Å². The first-order valence-electron chi connectivity index (χ1n) is 9.58. The SMILES string of the molecule is CCCCC1CC2CCCCC2C(OCCN(C)COC(N)=O)N1. The maximum Gasteiger partial charge on any atom is 0.405 e. The van der Waals surface area contributed by atoms with Gasteiger partial charge in [-0.25, -0.2) is 4.79 Å². The third kappa shape index (κ3) is 6.22. The molecular weight excluding hydrogens is 306 g/mol. The molecule has 1 aliphatic heterocycles. The lowest BCUT2D eigenvalue weighted by Gasteiger charge is -2.45. The molecule has 4 atom stereocenters. The number of nitrogens with one attached hydrogen (secondary N) is 1. The van der Waals surface area contributed by atoms with E-state index in [1.54, 1.807) is 0 Å². The van der Waals surface area contributed by atoms with Crippen LogP contribution in [0.2, 0.25) is 0 Å². The maximum absolute atomic E-state index is 10.6. The molecule has 0 aromatic rings. The van der Waals surface area contributed by atoms with E-state index in [0.29, 0.717) is 18.6 Å². The summed E-state index contributed by atoms with van der Waals surface area (Å²) in [4.78, 5) is 12.5. The number of primary amides is 1. The van der Waals surface area contributed by atoms with E-state index in [0.717, 1.165) is 12.5 Å². The molecule has 1 saturated carbocycles. The number of hydrogen-bond acceptors (Lipinski definition) is 5. The molecule has 0 bridgehead atoms. The van der Waals surface area contributed by atoms with Crippen molar-refractivity contribution in [2.24, 2.45) is 17.6 Å². The van der Waals surface area contributed by atoms with Crippen molar-refractivity contribution >= 4 is 6.09 Å². The van der Waals surface area contributed by atoms with Gasteiger partial charge in [0.1, 0.15) is 13.0 Å². The highest BCUT2D eigenvalue weighted by Crippen LogP contribution is 2.39. The van der Waals surface area contributed by atoms with Gasteiger partial charge in [-0.2, -0.15) is 0 Å². The van der Waals surface area contributed by atoms with Gasteiger partial charge in [-0.3, -0.25) is 10.2 Å². The Balaban J connectivity index is 1.78. The largest absolute Gasteiger partial charge is 0.434 e. The van der Waals surface area contributed by atoms with E-state index in [9.17, 15) is 4.79 Å². The van der Waals surface area contributed by atoms with Gasteiger partial charge in [0.25, 0.3) is 0 Å². The van der Waals surface area contributed by atoms with Gasteiger partial charge in [-0.1, -0.05) is 32.6 Å². The van der Waals surface area contributed by atoms with Crippen molar-refractivity contribution in [3.63, 3.8) is 0 Å². The van der Waals surface area contributed by atoms with Gasteiger partial charge in [0.2, 0.25) is 0 Å². The lowest BCUT2D eigenvalue weighted by molar-refractivity contribution is -0.0805. The van der Waals surface area contributed by atoms with Crippen LogP contribution in [0.4, 0.5) is 4.79 Å². The van der Waals surface area contributed by atoms with Gasteiger partial charge in [-0.15, -0.1) is 0 Å². The highest BCUT2D eigenvalue weighted by molar-refractivity contribution is 5.64. The van der Waals surface area contributed by atoms with E-state index in [1.807, 2.05) is 11.9 Å². The van der Waals surface area contributed by atoms with Crippen LogP contribution in [0.25, 0.3) is 0 Å². The zero-order valence-corrected chi connectivity index (χ0v) is 15.3. The third-order valence-corrected chi connectivity index (χ3v) is 5.45. The number of nitrogens with zero attached hydrogens (tertiary/aromatic N) is 1. The lowest BCUT2D eigenvalue weighted by atomic mass is 9.72.